The fraction of sp³-hybridized carbons (Fsp3) is 0.759. The van der Waals surface area contributed by atoms with Crippen LogP contribution < -0.4 is 0 Å². The second kappa shape index (κ2) is 14.5. The number of hydrogen-bond acceptors (Lipinski definition) is 5. The van der Waals surface area contributed by atoms with Crippen molar-refractivity contribution in [3.63, 3.8) is 0 Å². The van der Waals surface area contributed by atoms with Gasteiger partial charge in [-0.3, -0.25) is 4.79 Å². The standard InChI is InChI=1S/C29H52O5Si/c1-21(2)35(22(3)4,23(5)6)34-26(19-25-14-11-15-27(20-30)33-25)17-16-24(7)13-12-18-32-28(31)29(8,9)10/h11-14,16,21-23,25-27,30H,15,17-20H2,1-10H3/b13-12+,24-16+/t25-,26-,27-/m0/s1. The van der Waals surface area contributed by atoms with E-state index in [1.54, 1.807) is 0 Å². The number of rotatable bonds is 13. The van der Waals surface area contributed by atoms with Crippen LogP contribution in [0.15, 0.2) is 36.0 Å². The summed E-state index contributed by atoms with van der Waals surface area (Å²) < 4.78 is 18.6. The summed E-state index contributed by atoms with van der Waals surface area (Å²) in [6.45, 7) is 21.8. The van der Waals surface area contributed by atoms with Crippen molar-refractivity contribution >= 4 is 14.3 Å². The number of carbonyl (C=O) groups is 1. The smallest absolute Gasteiger partial charge is 0.311 e. The maximum Gasteiger partial charge on any atom is 0.311 e. The molecule has 0 amide bonds. The quantitative estimate of drug-likeness (QED) is 0.124. The molecule has 35 heavy (non-hydrogen) atoms. The highest BCUT2D eigenvalue weighted by atomic mass is 28.4. The molecule has 6 heteroatoms. The van der Waals surface area contributed by atoms with Crippen LogP contribution in [0.1, 0.15) is 88.5 Å². The lowest BCUT2D eigenvalue weighted by Crippen LogP contribution is -2.50. The van der Waals surface area contributed by atoms with Crippen LogP contribution in [-0.2, 0) is 18.7 Å². The minimum Gasteiger partial charge on any atom is -0.461 e. The van der Waals surface area contributed by atoms with Gasteiger partial charge in [-0.2, -0.15) is 0 Å². The molecule has 0 saturated heterocycles. The lowest BCUT2D eigenvalue weighted by molar-refractivity contribution is -0.151. The predicted octanol–water partition coefficient (Wildman–Crippen LogP) is 7.13. The molecule has 0 fully saturated rings. The Morgan fingerprint density at radius 3 is 2.26 bits per heavy atom. The first-order chi connectivity index (χ1) is 16.2. The molecule has 0 unspecified atom stereocenters. The minimum absolute atomic E-state index is 0.0306. The van der Waals surface area contributed by atoms with Gasteiger partial charge < -0.3 is 19.0 Å². The first kappa shape index (κ1) is 31.8. The van der Waals surface area contributed by atoms with Crippen molar-refractivity contribution < 1.29 is 23.8 Å². The van der Waals surface area contributed by atoms with Crippen LogP contribution in [0.5, 0.6) is 0 Å². The molecular formula is C29H52O5Si. The summed E-state index contributed by atoms with van der Waals surface area (Å²) in [7, 11) is -2.07. The molecule has 0 spiro atoms. The molecule has 0 aromatic carbocycles. The summed E-state index contributed by atoms with van der Waals surface area (Å²) >= 11 is 0. The Kier molecular flexibility index (Phi) is 13.2. The summed E-state index contributed by atoms with van der Waals surface area (Å²) in [5, 5.41) is 9.57. The first-order valence-corrected chi connectivity index (χ1v) is 15.5. The second-order valence-electron chi connectivity index (χ2n) is 11.9. The Hall–Kier alpha value is -1.21. The summed E-state index contributed by atoms with van der Waals surface area (Å²) in [6.07, 6.45) is 12.5. The second-order valence-corrected chi connectivity index (χ2v) is 17.3. The number of carbonyl (C=O) groups excluding carboxylic acids is 1. The van der Waals surface area contributed by atoms with E-state index in [0.717, 1.165) is 24.8 Å². The molecule has 1 heterocycles. The molecule has 1 aliphatic heterocycles. The SMILES string of the molecule is CC(/C=C/COC(=O)C(C)(C)C)=C\C[C@@H](C[C@@H]1C=CC[C@@H](CO)O1)O[Si](C(C)C)(C(C)C)C(C)C. The fourth-order valence-corrected chi connectivity index (χ4v) is 10.7. The number of aliphatic hydroxyl groups excluding tert-OH is 1. The zero-order valence-electron chi connectivity index (χ0n) is 24.0. The molecule has 0 aromatic heterocycles. The first-order valence-electron chi connectivity index (χ1n) is 13.3. The van der Waals surface area contributed by atoms with E-state index in [2.05, 4.69) is 66.7 Å². The van der Waals surface area contributed by atoms with Gasteiger partial charge in [0.1, 0.15) is 6.61 Å². The van der Waals surface area contributed by atoms with Gasteiger partial charge in [0.15, 0.2) is 0 Å². The summed E-state index contributed by atoms with van der Waals surface area (Å²) in [5.41, 5.74) is 2.12. The van der Waals surface area contributed by atoms with Crippen LogP contribution in [0.3, 0.4) is 0 Å². The van der Waals surface area contributed by atoms with Crippen LogP contribution >= 0.6 is 0 Å². The minimum atomic E-state index is -2.07. The van der Waals surface area contributed by atoms with Gasteiger partial charge >= 0.3 is 5.97 Å². The molecule has 1 N–H and O–H groups in total. The average Bonchev–Trinajstić information content (AvgIpc) is 2.76. The highest BCUT2D eigenvalue weighted by molar-refractivity contribution is 6.77. The van der Waals surface area contributed by atoms with E-state index >= 15 is 0 Å². The van der Waals surface area contributed by atoms with Crippen molar-refractivity contribution in [2.75, 3.05) is 13.2 Å². The summed E-state index contributed by atoms with van der Waals surface area (Å²) in [5.74, 6) is -0.198. The topological polar surface area (TPSA) is 65.0 Å². The average molecular weight is 509 g/mol. The molecule has 0 aromatic rings. The van der Waals surface area contributed by atoms with Crippen molar-refractivity contribution in [1.82, 2.24) is 0 Å². The van der Waals surface area contributed by atoms with Gasteiger partial charge in [0.25, 0.3) is 0 Å². The summed E-state index contributed by atoms with van der Waals surface area (Å²) in [6, 6.07) is 0. The van der Waals surface area contributed by atoms with Gasteiger partial charge in [-0.05, 0) is 63.2 Å². The maximum atomic E-state index is 11.9. The molecular weight excluding hydrogens is 456 g/mol. The van der Waals surface area contributed by atoms with E-state index in [1.807, 2.05) is 32.9 Å². The molecule has 0 saturated carbocycles. The molecule has 1 aliphatic rings. The monoisotopic (exact) mass is 508 g/mol. The van der Waals surface area contributed by atoms with E-state index in [1.165, 1.54) is 0 Å². The van der Waals surface area contributed by atoms with E-state index in [0.29, 0.717) is 16.6 Å². The molecule has 202 valence electrons. The molecule has 1 rings (SSSR count). The Morgan fingerprint density at radius 1 is 1.14 bits per heavy atom. The van der Waals surface area contributed by atoms with Gasteiger partial charge in [0.05, 0.1) is 30.3 Å². The largest absolute Gasteiger partial charge is 0.461 e. The predicted molar refractivity (Wildman–Crippen MR) is 148 cm³/mol. The molecule has 5 nitrogen and oxygen atoms in total. The van der Waals surface area contributed by atoms with E-state index < -0.39 is 13.7 Å². The third-order valence-electron chi connectivity index (χ3n) is 6.90. The highest BCUT2D eigenvalue weighted by Gasteiger charge is 2.46. The van der Waals surface area contributed by atoms with Crippen LogP contribution in [0.25, 0.3) is 0 Å². The van der Waals surface area contributed by atoms with E-state index in [9.17, 15) is 9.90 Å². The number of aliphatic hydroxyl groups is 1. The number of esters is 1. The van der Waals surface area contributed by atoms with Crippen LogP contribution in [0.2, 0.25) is 16.6 Å². The number of hydrogen-bond donors (Lipinski definition) is 1. The lowest BCUT2D eigenvalue weighted by Gasteiger charge is -2.45. The Balaban J connectivity index is 3.00. The Bertz CT molecular complexity index is 708. The normalized spacial score (nSPS) is 20.9. The Morgan fingerprint density at radius 2 is 1.74 bits per heavy atom. The fourth-order valence-electron chi connectivity index (χ4n) is 5.09. The van der Waals surface area contributed by atoms with Crippen LogP contribution in [-0.4, -0.2) is 50.9 Å². The Labute approximate surface area is 216 Å². The molecule has 0 bridgehead atoms. The number of allylic oxidation sites excluding steroid dienone is 2. The van der Waals surface area contributed by atoms with Crippen molar-refractivity contribution in [2.45, 2.75) is 123 Å². The van der Waals surface area contributed by atoms with Gasteiger partial charge in [-0.1, -0.05) is 71.4 Å². The van der Waals surface area contributed by atoms with Crippen molar-refractivity contribution in [3.8, 4) is 0 Å². The van der Waals surface area contributed by atoms with E-state index in [-0.39, 0.29) is 37.5 Å². The van der Waals surface area contributed by atoms with Gasteiger partial charge in [0.2, 0.25) is 8.32 Å². The van der Waals surface area contributed by atoms with Crippen LogP contribution in [0.4, 0.5) is 0 Å². The zero-order chi connectivity index (χ0) is 26.8. The van der Waals surface area contributed by atoms with Crippen molar-refractivity contribution in [2.24, 2.45) is 5.41 Å². The van der Waals surface area contributed by atoms with E-state index in [4.69, 9.17) is 13.9 Å². The van der Waals surface area contributed by atoms with Gasteiger partial charge in [0, 0.05) is 6.42 Å². The summed E-state index contributed by atoms with van der Waals surface area (Å²) in [4.78, 5) is 11.9. The van der Waals surface area contributed by atoms with Gasteiger partial charge in [-0.25, -0.2) is 0 Å². The lowest BCUT2D eigenvalue weighted by atomic mass is 9.97. The molecule has 0 aliphatic carbocycles. The van der Waals surface area contributed by atoms with Crippen LogP contribution in [0, 0.1) is 5.41 Å². The van der Waals surface area contributed by atoms with Gasteiger partial charge in [-0.15, -0.1) is 0 Å². The van der Waals surface area contributed by atoms with Crippen molar-refractivity contribution in [3.05, 3.63) is 36.0 Å². The third-order valence-corrected chi connectivity index (χ3v) is 13.1. The van der Waals surface area contributed by atoms with Crippen molar-refractivity contribution in [1.29, 1.82) is 0 Å². The molecule has 3 atom stereocenters. The highest BCUT2D eigenvalue weighted by Crippen LogP contribution is 2.44. The zero-order valence-corrected chi connectivity index (χ0v) is 25.0. The number of ether oxygens (including phenoxy) is 2. The third kappa shape index (κ3) is 9.99. The maximum absolute atomic E-state index is 11.9. The molecule has 0 radical (unpaired) electrons.